The molecule has 184 valence electrons. The van der Waals surface area contributed by atoms with E-state index in [9.17, 15) is 19.7 Å². The van der Waals surface area contributed by atoms with Crippen LogP contribution in [-0.4, -0.2) is 21.7 Å². The number of nitrogens with zero attached hydrogens (tertiary/aromatic N) is 2. The van der Waals surface area contributed by atoms with Crippen LogP contribution in [0.4, 0.5) is 5.69 Å². The summed E-state index contributed by atoms with van der Waals surface area (Å²) in [6, 6.07) is 21.6. The number of hydrogen-bond donors (Lipinski definition) is 0. The first-order valence-corrected chi connectivity index (χ1v) is 11.8. The van der Waals surface area contributed by atoms with Gasteiger partial charge in [-0.3, -0.25) is 14.9 Å². The number of hydrogen-bond acceptors (Lipinski definition) is 5. The largest absolute Gasteiger partial charge is 0.457 e. The van der Waals surface area contributed by atoms with E-state index >= 15 is 0 Å². The number of carbonyl (C=O) groups excluding carboxylic acids is 2. The van der Waals surface area contributed by atoms with Gasteiger partial charge in [0.15, 0.2) is 0 Å². The van der Waals surface area contributed by atoms with Crippen molar-refractivity contribution in [3.63, 3.8) is 0 Å². The van der Waals surface area contributed by atoms with Crippen molar-refractivity contribution in [2.75, 3.05) is 0 Å². The Morgan fingerprint density at radius 3 is 2.44 bits per heavy atom. The first-order valence-electron chi connectivity index (χ1n) is 11.8. The Balaban J connectivity index is 1.72. The van der Waals surface area contributed by atoms with Crippen LogP contribution >= 0.6 is 0 Å². The second kappa shape index (κ2) is 10.6. The summed E-state index contributed by atoms with van der Waals surface area (Å²) in [5.74, 6) is -1.06. The van der Waals surface area contributed by atoms with Gasteiger partial charge in [-0.1, -0.05) is 66.2 Å². The molecule has 0 N–H and O–H groups in total. The normalized spacial score (nSPS) is 15.7. The van der Waals surface area contributed by atoms with Gasteiger partial charge in [-0.15, -0.1) is 0 Å². The first-order chi connectivity index (χ1) is 17.2. The van der Waals surface area contributed by atoms with Gasteiger partial charge in [-0.05, 0) is 43.0 Å². The molecule has 0 fully saturated rings. The van der Waals surface area contributed by atoms with Gasteiger partial charge in [0.05, 0.1) is 17.0 Å². The molecule has 7 heteroatoms. The number of ether oxygens (including phenoxy) is 1. The Labute approximate surface area is 210 Å². The van der Waals surface area contributed by atoms with Gasteiger partial charge in [-0.25, -0.2) is 4.79 Å². The van der Waals surface area contributed by atoms with Crippen LogP contribution < -0.4 is 0 Å². The Morgan fingerprint density at radius 1 is 1.00 bits per heavy atom. The second-order valence-corrected chi connectivity index (χ2v) is 9.08. The summed E-state index contributed by atoms with van der Waals surface area (Å²) < 4.78 is 5.72. The zero-order chi connectivity index (χ0) is 25.8. The lowest BCUT2D eigenvalue weighted by Gasteiger charge is -2.35. The minimum atomic E-state index is -0.473. The van der Waals surface area contributed by atoms with Gasteiger partial charge < -0.3 is 9.64 Å². The average molecular weight is 485 g/mol. The third-order valence-electron chi connectivity index (χ3n) is 6.53. The van der Waals surface area contributed by atoms with Crippen LogP contribution in [-0.2, 0) is 27.5 Å². The molecule has 0 saturated carbocycles. The highest BCUT2D eigenvalue weighted by Crippen LogP contribution is 2.39. The fourth-order valence-corrected chi connectivity index (χ4v) is 4.62. The molecule has 1 amide bonds. The number of amides is 1. The summed E-state index contributed by atoms with van der Waals surface area (Å²) in [4.78, 5) is 39.1. The van der Waals surface area contributed by atoms with Crippen LogP contribution in [0.3, 0.4) is 0 Å². The highest BCUT2D eigenvalue weighted by Gasteiger charge is 2.37. The molecule has 0 saturated heterocycles. The topological polar surface area (TPSA) is 89.8 Å². The van der Waals surface area contributed by atoms with Gasteiger partial charge in [-0.2, -0.15) is 0 Å². The summed E-state index contributed by atoms with van der Waals surface area (Å²) in [7, 11) is 0. The molecule has 36 heavy (non-hydrogen) atoms. The van der Waals surface area contributed by atoms with Crippen molar-refractivity contribution >= 4 is 17.6 Å². The molecule has 1 atom stereocenters. The molecule has 0 aliphatic carbocycles. The van der Waals surface area contributed by atoms with E-state index in [0.29, 0.717) is 16.8 Å². The molecule has 1 aliphatic heterocycles. The Morgan fingerprint density at radius 2 is 1.72 bits per heavy atom. The first kappa shape index (κ1) is 24.9. The Bertz CT molecular complexity index is 1350. The zero-order valence-corrected chi connectivity index (χ0v) is 20.6. The number of benzene rings is 3. The Kier molecular flexibility index (Phi) is 7.29. The number of non-ortho nitro benzene ring substituents is 1. The third kappa shape index (κ3) is 5.35. The van der Waals surface area contributed by atoms with Gasteiger partial charge in [0.25, 0.3) is 5.69 Å². The molecule has 1 aliphatic rings. The minimum absolute atomic E-state index is 0.0469. The quantitative estimate of drug-likeness (QED) is 0.242. The van der Waals surface area contributed by atoms with Crippen molar-refractivity contribution in [1.82, 2.24) is 4.90 Å². The average Bonchev–Trinajstić information content (AvgIpc) is 2.87. The van der Waals surface area contributed by atoms with E-state index in [1.54, 1.807) is 19.1 Å². The van der Waals surface area contributed by atoms with Crippen LogP contribution in [0.1, 0.15) is 47.1 Å². The van der Waals surface area contributed by atoms with Crippen molar-refractivity contribution in [3.8, 4) is 0 Å². The van der Waals surface area contributed by atoms with Crippen molar-refractivity contribution in [2.45, 2.75) is 46.3 Å². The summed E-state index contributed by atoms with van der Waals surface area (Å²) in [5, 5.41) is 11.2. The van der Waals surface area contributed by atoms with E-state index in [2.05, 4.69) is 0 Å². The maximum absolute atomic E-state index is 13.5. The number of carbonyl (C=O) groups is 2. The van der Waals surface area contributed by atoms with E-state index < -0.39 is 16.8 Å². The van der Waals surface area contributed by atoms with Gasteiger partial charge in [0.2, 0.25) is 5.91 Å². The fourth-order valence-electron chi connectivity index (χ4n) is 4.62. The van der Waals surface area contributed by atoms with E-state index in [1.807, 2.05) is 62.4 Å². The minimum Gasteiger partial charge on any atom is -0.457 e. The number of nitro groups is 1. The second-order valence-electron chi connectivity index (χ2n) is 9.08. The summed E-state index contributed by atoms with van der Waals surface area (Å²) in [6.45, 7) is 5.94. The fraction of sp³-hybridized carbons (Fsp3) is 0.241. The molecule has 1 unspecified atom stereocenters. The molecule has 3 aromatic rings. The summed E-state index contributed by atoms with van der Waals surface area (Å²) >= 11 is 0. The van der Waals surface area contributed by atoms with E-state index in [1.165, 1.54) is 17.0 Å². The van der Waals surface area contributed by atoms with E-state index in [-0.39, 0.29) is 31.2 Å². The SMILES string of the molecule is CC1=C(C(=O)OCc2ccccc2)C(c2cc(C)ccc2C)CC(=O)N1Cc1cccc([N+](=O)[O-])c1. The molecular formula is C29H28N2O5. The van der Waals surface area contributed by atoms with Crippen LogP contribution in [0, 0.1) is 24.0 Å². The molecule has 4 rings (SSSR count). The van der Waals surface area contributed by atoms with E-state index in [4.69, 9.17) is 4.74 Å². The number of nitro benzene ring substituents is 1. The molecule has 0 aromatic heterocycles. The summed E-state index contributed by atoms with van der Waals surface area (Å²) in [5.41, 5.74) is 5.32. The lowest BCUT2D eigenvalue weighted by Crippen LogP contribution is -2.38. The molecule has 3 aromatic carbocycles. The van der Waals surface area contributed by atoms with Crippen LogP contribution in [0.25, 0.3) is 0 Å². The zero-order valence-electron chi connectivity index (χ0n) is 20.6. The van der Waals surface area contributed by atoms with Crippen LogP contribution in [0.5, 0.6) is 0 Å². The Hall–Kier alpha value is -4.26. The smallest absolute Gasteiger partial charge is 0.336 e. The standard InChI is InChI=1S/C29H28N2O5/c1-19-12-13-20(2)25(14-19)26-16-27(32)30(17-23-10-7-11-24(15-23)31(34)35)21(3)28(26)29(33)36-18-22-8-5-4-6-9-22/h4-15,26H,16-18H2,1-3H3. The molecule has 0 spiro atoms. The molecule has 1 heterocycles. The molecule has 0 bridgehead atoms. The molecule has 0 radical (unpaired) electrons. The van der Waals surface area contributed by atoms with Gasteiger partial charge in [0, 0.05) is 30.2 Å². The van der Waals surface area contributed by atoms with E-state index in [0.717, 1.165) is 22.3 Å². The van der Waals surface area contributed by atoms with Gasteiger partial charge >= 0.3 is 5.97 Å². The number of aryl methyl sites for hydroxylation is 2. The lowest BCUT2D eigenvalue weighted by molar-refractivity contribution is -0.384. The highest BCUT2D eigenvalue weighted by atomic mass is 16.6. The lowest BCUT2D eigenvalue weighted by atomic mass is 9.81. The number of esters is 1. The summed E-state index contributed by atoms with van der Waals surface area (Å²) in [6.07, 6.45) is 0.104. The molecule has 7 nitrogen and oxygen atoms in total. The predicted octanol–water partition coefficient (Wildman–Crippen LogP) is 5.75. The van der Waals surface area contributed by atoms with Crippen molar-refractivity contribution in [1.29, 1.82) is 0 Å². The maximum atomic E-state index is 13.5. The molecular weight excluding hydrogens is 456 g/mol. The predicted molar refractivity (Wildman–Crippen MR) is 136 cm³/mol. The number of rotatable bonds is 7. The van der Waals surface area contributed by atoms with Crippen LogP contribution in [0.2, 0.25) is 0 Å². The van der Waals surface area contributed by atoms with Crippen molar-refractivity contribution in [3.05, 3.63) is 122 Å². The number of allylic oxidation sites excluding steroid dienone is 1. The monoisotopic (exact) mass is 484 g/mol. The van der Waals surface area contributed by atoms with Crippen molar-refractivity contribution in [2.24, 2.45) is 0 Å². The third-order valence-corrected chi connectivity index (χ3v) is 6.53. The van der Waals surface area contributed by atoms with Crippen molar-refractivity contribution < 1.29 is 19.2 Å². The highest BCUT2D eigenvalue weighted by molar-refractivity contribution is 5.96. The maximum Gasteiger partial charge on any atom is 0.336 e. The van der Waals surface area contributed by atoms with Crippen LogP contribution in [0.15, 0.2) is 84.1 Å². The van der Waals surface area contributed by atoms with Gasteiger partial charge in [0.1, 0.15) is 6.61 Å².